The first-order valence-electron chi connectivity index (χ1n) is 5.99. The van der Waals surface area contributed by atoms with E-state index in [2.05, 4.69) is 0 Å². The Morgan fingerprint density at radius 3 is 3.11 bits per heavy atom. The quantitative estimate of drug-likeness (QED) is 0.887. The summed E-state index contributed by atoms with van der Waals surface area (Å²) in [5, 5.41) is 9.14. The van der Waals surface area contributed by atoms with Crippen LogP contribution in [0.5, 0.6) is 5.75 Å². The SMILES string of the molecule is COc1ccc(F)cc1CN1CCOCC1C(=O)O. The standard InChI is InChI=1S/C13H16FNO4/c1-18-12-3-2-10(14)6-9(12)7-15-4-5-19-8-11(15)13(16)17/h2-3,6,11H,4-5,7-8H2,1H3,(H,16,17). The van der Waals surface area contributed by atoms with Crippen LogP contribution in [0, 0.1) is 5.82 Å². The Bertz CT molecular complexity index is 466. The Balaban J connectivity index is 2.18. The highest BCUT2D eigenvalue weighted by molar-refractivity contribution is 5.73. The predicted molar refractivity (Wildman–Crippen MR) is 65.6 cm³/mol. The van der Waals surface area contributed by atoms with Gasteiger partial charge in [0, 0.05) is 18.7 Å². The van der Waals surface area contributed by atoms with Crippen molar-refractivity contribution in [2.45, 2.75) is 12.6 Å². The maximum atomic E-state index is 13.3. The summed E-state index contributed by atoms with van der Waals surface area (Å²) in [7, 11) is 1.50. The molecule has 0 spiro atoms. The largest absolute Gasteiger partial charge is 0.496 e. The molecule has 0 saturated carbocycles. The maximum Gasteiger partial charge on any atom is 0.323 e. The number of hydrogen-bond donors (Lipinski definition) is 1. The molecule has 1 heterocycles. The zero-order valence-electron chi connectivity index (χ0n) is 10.6. The number of carboxylic acid groups (broad SMARTS) is 1. The molecule has 1 aromatic rings. The summed E-state index contributed by atoms with van der Waals surface area (Å²) in [4.78, 5) is 12.9. The number of rotatable bonds is 4. The van der Waals surface area contributed by atoms with Gasteiger partial charge < -0.3 is 14.6 Å². The molecule has 1 aliphatic heterocycles. The lowest BCUT2D eigenvalue weighted by molar-refractivity contribution is -0.150. The van der Waals surface area contributed by atoms with Crippen LogP contribution in [-0.2, 0) is 16.1 Å². The molecule has 1 unspecified atom stereocenters. The van der Waals surface area contributed by atoms with Crippen LogP contribution in [0.2, 0.25) is 0 Å². The molecule has 1 aromatic carbocycles. The fourth-order valence-electron chi connectivity index (χ4n) is 2.14. The van der Waals surface area contributed by atoms with Gasteiger partial charge in [0.25, 0.3) is 0 Å². The molecule has 2 rings (SSSR count). The number of carboxylic acids is 1. The van der Waals surface area contributed by atoms with Gasteiger partial charge in [-0.3, -0.25) is 9.69 Å². The van der Waals surface area contributed by atoms with E-state index in [4.69, 9.17) is 14.6 Å². The number of methoxy groups -OCH3 is 1. The summed E-state index contributed by atoms with van der Waals surface area (Å²) in [6.45, 7) is 1.44. The van der Waals surface area contributed by atoms with Crippen molar-refractivity contribution < 1.29 is 23.8 Å². The Morgan fingerprint density at radius 1 is 1.63 bits per heavy atom. The average molecular weight is 269 g/mol. The van der Waals surface area contributed by atoms with Crippen LogP contribution in [0.4, 0.5) is 4.39 Å². The maximum absolute atomic E-state index is 13.3. The molecule has 0 aromatic heterocycles. The first-order chi connectivity index (χ1) is 9.11. The second kappa shape index (κ2) is 5.99. The lowest BCUT2D eigenvalue weighted by Crippen LogP contribution is -2.49. The highest BCUT2D eigenvalue weighted by Gasteiger charge is 2.29. The molecule has 19 heavy (non-hydrogen) atoms. The number of halogens is 1. The molecule has 5 nitrogen and oxygen atoms in total. The number of morpholine rings is 1. The second-order valence-electron chi connectivity index (χ2n) is 4.36. The van der Waals surface area contributed by atoms with E-state index in [1.165, 1.54) is 19.2 Å². The number of ether oxygens (including phenoxy) is 2. The van der Waals surface area contributed by atoms with Gasteiger partial charge in [-0.2, -0.15) is 0 Å². The predicted octanol–water partition coefficient (Wildman–Crippen LogP) is 1.12. The molecule has 0 amide bonds. The van der Waals surface area contributed by atoms with E-state index in [1.807, 2.05) is 0 Å². The minimum atomic E-state index is -0.935. The van der Waals surface area contributed by atoms with Crippen LogP contribution in [0.1, 0.15) is 5.56 Å². The van der Waals surface area contributed by atoms with Crippen LogP contribution in [0.25, 0.3) is 0 Å². The molecule has 104 valence electrons. The lowest BCUT2D eigenvalue weighted by atomic mass is 10.1. The van der Waals surface area contributed by atoms with E-state index in [1.54, 1.807) is 11.0 Å². The molecule has 6 heteroatoms. The van der Waals surface area contributed by atoms with E-state index in [9.17, 15) is 9.18 Å². The first kappa shape index (κ1) is 13.8. The minimum absolute atomic E-state index is 0.146. The third-order valence-corrected chi connectivity index (χ3v) is 3.14. The summed E-state index contributed by atoms with van der Waals surface area (Å²) < 4.78 is 23.6. The molecule has 1 atom stereocenters. The van der Waals surface area contributed by atoms with Gasteiger partial charge in [-0.15, -0.1) is 0 Å². The van der Waals surface area contributed by atoms with Gasteiger partial charge in [-0.25, -0.2) is 4.39 Å². The van der Waals surface area contributed by atoms with E-state index in [0.29, 0.717) is 31.0 Å². The summed E-state index contributed by atoms with van der Waals surface area (Å²) in [6, 6.07) is 3.52. The molecule has 1 saturated heterocycles. The van der Waals surface area contributed by atoms with Crippen LogP contribution < -0.4 is 4.74 Å². The number of aliphatic carboxylic acids is 1. The van der Waals surface area contributed by atoms with Crippen LogP contribution in [0.15, 0.2) is 18.2 Å². The molecule has 1 N–H and O–H groups in total. The molecular formula is C13H16FNO4. The van der Waals surface area contributed by atoms with Gasteiger partial charge in [0.15, 0.2) is 0 Å². The average Bonchev–Trinajstić information content (AvgIpc) is 2.39. The van der Waals surface area contributed by atoms with Crippen molar-refractivity contribution in [1.82, 2.24) is 4.90 Å². The number of carbonyl (C=O) groups is 1. The Labute approximate surface area is 110 Å². The molecular weight excluding hydrogens is 253 g/mol. The van der Waals surface area contributed by atoms with Crippen molar-refractivity contribution >= 4 is 5.97 Å². The fraction of sp³-hybridized carbons (Fsp3) is 0.462. The molecule has 1 fully saturated rings. The third-order valence-electron chi connectivity index (χ3n) is 3.14. The van der Waals surface area contributed by atoms with Gasteiger partial charge in [0.05, 0.1) is 20.3 Å². The van der Waals surface area contributed by atoms with Gasteiger partial charge in [0.1, 0.15) is 17.6 Å². The van der Waals surface area contributed by atoms with Crippen LogP contribution in [0.3, 0.4) is 0 Å². The van der Waals surface area contributed by atoms with Crippen molar-refractivity contribution in [2.75, 3.05) is 26.9 Å². The van der Waals surface area contributed by atoms with Crippen molar-refractivity contribution in [2.24, 2.45) is 0 Å². The Kier molecular flexibility index (Phi) is 4.34. The van der Waals surface area contributed by atoms with Crippen molar-refractivity contribution in [3.63, 3.8) is 0 Å². The van der Waals surface area contributed by atoms with Crippen molar-refractivity contribution in [3.05, 3.63) is 29.6 Å². The number of nitrogens with zero attached hydrogens (tertiary/aromatic N) is 1. The van der Waals surface area contributed by atoms with Gasteiger partial charge in [-0.05, 0) is 18.2 Å². The van der Waals surface area contributed by atoms with Crippen LogP contribution in [-0.4, -0.2) is 48.9 Å². The highest BCUT2D eigenvalue weighted by atomic mass is 19.1. The highest BCUT2D eigenvalue weighted by Crippen LogP contribution is 2.22. The monoisotopic (exact) mass is 269 g/mol. The van der Waals surface area contributed by atoms with E-state index in [0.717, 1.165) is 0 Å². The van der Waals surface area contributed by atoms with Crippen molar-refractivity contribution in [3.8, 4) is 5.75 Å². The number of benzene rings is 1. The second-order valence-corrected chi connectivity index (χ2v) is 4.36. The molecule has 0 radical (unpaired) electrons. The smallest absolute Gasteiger partial charge is 0.323 e. The summed E-state index contributed by atoms with van der Waals surface area (Å²) in [6.07, 6.45) is 0. The molecule has 0 bridgehead atoms. The summed E-state index contributed by atoms with van der Waals surface area (Å²) >= 11 is 0. The fourth-order valence-corrected chi connectivity index (χ4v) is 2.14. The Morgan fingerprint density at radius 2 is 2.42 bits per heavy atom. The lowest BCUT2D eigenvalue weighted by Gasteiger charge is -2.33. The van der Waals surface area contributed by atoms with E-state index < -0.39 is 12.0 Å². The van der Waals surface area contributed by atoms with Crippen LogP contribution >= 0.6 is 0 Å². The minimum Gasteiger partial charge on any atom is -0.496 e. The third kappa shape index (κ3) is 3.21. The Hall–Kier alpha value is -1.66. The van der Waals surface area contributed by atoms with Gasteiger partial charge in [0.2, 0.25) is 0 Å². The van der Waals surface area contributed by atoms with Gasteiger partial charge in [-0.1, -0.05) is 0 Å². The topological polar surface area (TPSA) is 59.0 Å². The molecule has 0 aliphatic carbocycles. The summed E-state index contributed by atoms with van der Waals surface area (Å²) in [5.41, 5.74) is 0.635. The zero-order chi connectivity index (χ0) is 13.8. The summed E-state index contributed by atoms with van der Waals surface area (Å²) in [5.74, 6) is -0.747. The van der Waals surface area contributed by atoms with E-state index in [-0.39, 0.29) is 12.4 Å². The van der Waals surface area contributed by atoms with Gasteiger partial charge >= 0.3 is 5.97 Å². The zero-order valence-corrected chi connectivity index (χ0v) is 10.6. The molecule has 1 aliphatic rings. The van der Waals surface area contributed by atoms with Crippen molar-refractivity contribution in [1.29, 1.82) is 0 Å². The normalized spacial score (nSPS) is 20.2. The number of hydrogen-bond acceptors (Lipinski definition) is 4. The first-order valence-corrected chi connectivity index (χ1v) is 5.99. The van der Waals surface area contributed by atoms with E-state index >= 15 is 0 Å².